The first-order valence-electron chi connectivity index (χ1n) is 4.10. The number of rotatable bonds is 3. The zero-order valence-corrected chi connectivity index (χ0v) is 10.2. The average Bonchev–Trinajstić information content (AvgIpc) is 2.01. The second-order valence-electron chi connectivity index (χ2n) is 2.95. The molecule has 15 heavy (non-hydrogen) atoms. The second-order valence-corrected chi connectivity index (χ2v) is 3.79. The van der Waals surface area contributed by atoms with Gasteiger partial charge in [-0.3, -0.25) is 0 Å². The summed E-state index contributed by atoms with van der Waals surface area (Å²) >= 11 is 11.6. The third-order valence-electron chi connectivity index (χ3n) is 1.86. The Morgan fingerprint density at radius 1 is 1.47 bits per heavy atom. The van der Waals surface area contributed by atoms with Crippen LogP contribution in [0.5, 0.6) is 5.75 Å². The van der Waals surface area contributed by atoms with E-state index in [1.54, 1.807) is 12.1 Å². The van der Waals surface area contributed by atoms with Gasteiger partial charge in [-0.25, -0.2) is 0 Å². The van der Waals surface area contributed by atoms with E-state index in [1.165, 1.54) is 6.07 Å². The van der Waals surface area contributed by atoms with E-state index >= 15 is 0 Å². The lowest BCUT2D eigenvalue weighted by Crippen LogP contribution is -2.09. The molecule has 1 aromatic rings. The third kappa shape index (κ3) is 3.58. The minimum Gasteiger partial charge on any atom is -0.508 e. The first-order valence-corrected chi connectivity index (χ1v) is 4.86. The minimum absolute atomic E-state index is 0. The second kappa shape index (κ2) is 6.23. The molecule has 1 atom stereocenters. The van der Waals surface area contributed by atoms with Gasteiger partial charge >= 0.3 is 0 Å². The van der Waals surface area contributed by atoms with E-state index in [4.69, 9.17) is 28.9 Å². The van der Waals surface area contributed by atoms with Crippen LogP contribution in [0.2, 0.25) is 10.0 Å². The maximum Gasteiger partial charge on any atom is 0.123 e. The van der Waals surface area contributed by atoms with Gasteiger partial charge < -0.3 is 10.8 Å². The van der Waals surface area contributed by atoms with Crippen LogP contribution < -0.4 is 5.73 Å². The number of hydrogen-bond donors (Lipinski definition) is 2. The fraction of sp³-hybridized carbons (Fsp3) is 0.200. The van der Waals surface area contributed by atoms with Crippen molar-refractivity contribution in [2.45, 2.75) is 12.5 Å². The average molecular weight is 269 g/mol. The van der Waals surface area contributed by atoms with Crippen LogP contribution in [0.25, 0.3) is 0 Å². The summed E-state index contributed by atoms with van der Waals surface area (Å²) < 4.78 is 0. The van der Waals surface area contributed by atoms with Crippen LogP contribution >= 0.6 is 35.6 Å². The summed E-state index contributed by atoms with van der Waals surface area (Å²) in [6, 6.07) is 2.63. The van der Waals surface area contributed by atoms with Crippen molar-refractivity contribution in [3.05, 3.63) is 40.4 Å². The molecule has 0 spiro atoms. The van der Waals surface area contributed by atoms with Gasteiger partial charge in [-0.05, 0) is 18.6 Å². The zero-order valence-electron chi connectivity index (χ0n) is 7.91. The molecular formula is C10H12Cl3NO. The van der Waals surface area contributed by atoms with Gasteiger partial charge in [-0.1, -0.05) is 29.3 Å². The monoisotopic (exact) mass is 267 g/mol. The van der Waals surface area contributed by atoms with Gasteiger partial charge in [0.2, 0.25) is 0 Å². The van der Waals surface area contributed by atoms with Crippen LogP contribution in [0.1, 0.15) is 18.0 Å². The van der Waals surface area contributed by atoms with E-state index in [9.17, 15) is 5.11 Å². The van der Waals surface area contributed by atoms with E-state index in [1.807, 2.05) is 0 Å². The van der Waals surface area contributed by atoms with E-state index in [-0.39, 0.29) is 24.2 Å². The van der Waals surface area contributed by atoms with Crippen molar-refractivity contribution in [1.82, 2.24) is 0 Å². The van der Waals surface area contributed by atoms with E-state index in [2.05, 4.69) is 6.58 Å². The molecule has 0 bridgehead atoms. The van der Waals surface area contributed by atoms with Crippen LogP contribution in [-0.2, 0) is 0 Å². The molecule has 0 heterocycles. The topological polar surface area (TPSA) is 46.2 Å². The molecule has 2 nitrogen and oxygen atoms in total. The molecule has 84 valence electrons. The van der Waals surface area contributed by atoms with Crippen molar-refractivity contribution in [2.75, 3.05) is 0 Å². The van der Waals surface area contributed by atoms with E-state index in [0.717, 1.165) is 0 Å². The lowest BCUT2D eigenvalue weighted by Gasteiger charge is -2.13. The number of halogens is 3. The minimum atomic E-state index is -0.350. The summed E-state index contributed by atoms with van der Waals surface area (Å²) in [5, 5.41) is 10.4. The Hall–Kier alpha value is -0.410. The highest BCUT2D eigenvalue weighted by Crippen LogP contribution is 2.34. The SMILES string of the molecule is C=CC[C@H](N)c1c(O)cc(Cl)cc1Cl.Cl. The summed E-state index contributed by atoms with van der Waals surface area (Å²) in [6.07, 6.45) is 2.23. The number of phenols is 1. The standard InChI is InChI=1S/C10H11Cl2NO.ClH/c1-2-3-8(13)10-7(12)4-6(11)5-9(10)14;/h2,4-5,8,14H,1,3,13H2;1H/t8-;/m0./s1. The van der Waals surface area contributed by atoms with Crippen LogP contribution in [-0.4, -0.2) is 5.11 Å². The van der Waals surface area contributed by atoms with Gasteiger partial charge in [0.05, 0.1) is 5.02 Å². The molecule has 3 N–H and O–H groups in total. The van der Waals surface area contributed by atoms with Crippen LogP contribution in [0, 0.1) is 0 Å². The molecule has 0 radical (unpaired) electrons. The van der Waals surface area contributed by atoms with E-state index < -0.39 is 0 Å². The number of nitrogens with two attached hydrogens (primary N) is 1. The molecule has 0 unspecified atom stereocenters. The normalized spacial score (nSPS) is 11.7. The summed E-state index contributed by atoms with van der Waals surface area (Å²) in [6.45, 7) is 3.57. The Morgan fingerprint density at radius 3 is 2.53 bits per heavy atom. The number of hydrogen-bond acceptors (Lipinski definition) is 2. The van der Waals surface area contributed by atoms with Crippen LogP contribution in [0.3, 0.4) is 0 Å². The van der Waals surface area contributed by atoms with Gasteiger partial charge in [0.15, 0.2) is 0 Å². The number of aromatic hydroxyl groups is 1. The van der Waals surface area contributed by atoms with E-state index in [0.29, 0.717) is 22.0 Å². The molecule has 1 aromatic carbocycles. The maximum atomic E-state index is 9.59. The molecule has 1 rings (SSSR count). The Labute approximate surface area is 105 Å². The Bertz CT molecular complexity index is 332. The predicted molar refractivity (Wildman–Crippen MR) is 67.1 cm³/mol. The molecule has 0 fully saturated rings. The molecule has 0 aromatic heterocycles. The quantitative estimate of drug-likeness (QED) is 0.821. The highest BCUT2D eigenvalue weighted by molar-refractivity contribution is 6.35. The summed E-state index contributed by atoms with van der Waals surface area (Å²) in [7, 11) is 0. The van der Waals surface area contributed by atoms with Crippen molar-refractivity contribution in [2.24, 2.45) is 5.73 Å². The van der Waals surface area contributed by atoms with Crippen molar-refractivity contribution >= 4 is 35.6 Å². The Morgan fingerprint density at radius 2 is 2.07 bits per heavy atom. The van der Waals surface area contributed by atoms with Crippen LogP contribution in [0.4, 0.5) is 0 Å². The maximum absolute atomic E-state index is 9.59. The predicted octanol–water partition coefficient (Wildman–Crippen LogP) is 3.70. The molecule has 0 amide bonds. The molecule has 0 saturated heterocycles. The molecule has 0 saturated carbocycles. The highest BCUT2D eigenvalue weighted by atomic mass is 35.5. The molecule has 0 aliphatic rings. The van der Waals surface area contributed by atoms with Crippen LogP contribution in [0.15, 0.2) is 24.8 Å². The molecule has 0 aliphatic carbocycles. The van der Waals surface area contributed by atoms with Gasteiger partial charge in [-0.2, -0.15) is 0 Å². The lowest BCUT2D eigenvalue weighted by molar-refractivity contribution is 0.462. The largest absolute Gasteiger partial charge is 0.508 e. The van der Waals surface area contributed by atoms with Crippen molar-refractivity contribution in [3.63, 3.8) is 0 Å². The first-order chi connectivity index (χ1) is 6.56. The Balaban J connectivity index is 0.00000196. The first kappa shape index (κ1) is 14.6. The lowest BCUT2D eigenvalue weighted by atomic mass is 10.0. The smallest absolute Gasteiger partial charge is 0.123 e. The number of benzene rings is 1. The van der Waals surface area contributed by atoms with Gasteiger partial charge in [-0.15, -0.1) is 19.0 Å². The van der Waals surface area contributed by atoms with Crippen molar-refractivity contribution in [1.29, 1.82) is 0 Å². The third-order valence-corrected chi connectivity index (χ3v) is 2.39. The summed E-state index contributed by atoms with van der Waals surface area (Å²) in [5.41, 5.74) is 6.31. The Kier molecular flexibility index (Phi) is 6.06. The van der Waals surface area contributed by atoms with Crippen molar-refractivity contribution in [3.8, 4) is 5.75 Å². The fourth-order valence-corrected chi connectivity index (χ4v) is 1.86. The number of phenolic OH excluding ortho intramolecular Hbond substituents is 1. The molecule has 5 heteroatoms. The zero-order chi connectivity index (χ0) is 10.7. The fourth-order valence-electron chi connectivity index (χ4n) is 1.24. The van der Waals surface area contributed by atoms with Gasteiger partial charge in [0.1, 0.15) is 5.75 Å². The molecular weight excluding hydrogens is 256 g/mol. The summed E-state index contributed by atoms with van der Waals surface area (Å²) in [4.78, 5) is 0. The van der Waals surface area contributed by atoms with Crippen molar-refractivity contribution < 1.29 is 5.11 Å². The highest BCUT2D eigenvalue weighted by Gasteiger charge is 2.14. The van der Waals surface area contributed by atoms with Gasteiger partial charge in [0, 0.05) is 16.6 Å². The van der Waals surface area contributed by atoms with Gasteiger partial charge in [0.25, 0.3) is 0 Å². The molecule has 0 aliphatic heterocycles. The summed E-state index contributed by atoms with van der Waals surface area (Å²) in [5.74, 6) is 0.0249.